The summed E-state index contributed by atoms with van der Waals surface area (Å²) in [5.74, 6) is 3.09. The molecule has 1 atom stereocenters. The van der Waals surface area contributed by atoms with Crippen LogP contribution in [0.4, 0.5) is 5.69 Å². The molecule has 2 aromatic rings. The van der Waals surface area contributed by atoms with Gasteiger partial charge in [0, 0.05) is 46.0 Å². The molecular weight excluding hydrogens is 503 g/mol. The molecule has 0 aliphatic carbocycles. The summed E-state index contributed by atoms with van der Waals surface area (Å²) in [6.45, 7) is 4.01. The Balaban J connectivity index is 0.00000341. The van der Waals surface area contributed by atoms with Crippen LogP contribution in [-0.2, 0) is 6.42 Å². The standard InChI is InChI=1S/C24H34N4O2.HI/c1-25-24(26-17-20-13-15-28(18-20)21-8-6-5-7-9-21)27(2)14-12-19-10-11-22(29-3)23(16-19)30-4;/h5-11,16,20H,12-15,17-18H2,1-4H3,(H,25,26);1H. The predicted octanol–water partition coefficient (Wildman–Crippen LogP) is 3.90. The van der Waals surface area contributed by atoms with Crippen LogP contribution >= 0.6 is 24.0 Å². The van der Waals surface area contributed by atoms with E-state index in [2.05, 4.69) is 63.6 Å². The molecule has 1 N–H and O–H groups in total. The van der Waals surface area contributed by atoms with Crippen LogP contribution in [0.15, 0.2) is 53.5 Å². The first kappa shape index (κ1) is 25.1. The van der Waals surface area contributed by atoms with E-state index < -0.39 is 0 Å². The van der Waals surface area contributed by atoms with E-state index in [1.54, 1.807) is 14.2 Å². The van der Waals surface area contributed by atoms with Crippen LogP contribution in [-0.4, -0.2) is 65.4 Å². The van der Waals surface area contributed by atoms with Gasteiger partial charge in [-0.05, 0) is 48.6 Å². The molecule has 0 radical (unpaired) electrons. The second kappa shape index (κ2) is 12.6. The summed E-state index contributed by atoms with van der Waals surface area (Å²) in [5, 5.41) is 3.56. The Morgan fingerprint density at radius 2 is 1.87 bits per heavy atom. The molecule has 3 rings (SSSR count). The number of methoxy groups -OCH3 is 2. The number of guanidine groups is 1. The highest BCUT2D eigenvalue weighted by molar-refractivity contribution is 14.0. The predicted molar refractivity (Wildman–Crippen MR) is 139 cm³/mol. The van der Waals surface area contributed by atoms with Crippen molar-refractivity contribution in [1.29, 1.82) is 0 Å². The highest BCUT2D eigenvalue weighted by atomic mass is 127. The summed E-state index contributed by atoms with van der Waals surface area (Å²) in [5.41, 5.74) is 2.53. The second-order valence-corrected chi connectivity index (χ2v) is 7.73. The number of nitrogens with zero attached hydrogens (tertiary/aromatic N) is 3. The van der Waals surface area contributed by atoms with E-state index in [1.165, 1.54) is 17.7 Å². The number of ether oxygens (including phenoxy) is 2. The summed E-state index contributed by atoms with van der Waals surface area (Å²) >= 11 is 0. The third kappa shape index (κ3) is 6.92. The van der Waals surface area contributed by atoms with Crippen molar-refractivity contribution in [3.05, 3.63) is 54.1 Å². The quantitative estimate of drug-likeness (QED) is 0.314. The molecule has 0 aromatic heterocycles. The number of halogens is 1. The molecule has 1 unspecified atom stereocenters. The number of hydrogen-bond acceptors (Lipinski definition) is 4. The Morgan fingerprint density at radius 1 is 1.13 bits per heavy atom. The third-order valence-corrected chi connectivity index (χ3v) is 5.71. The maximum atomic E-state index is 5.41. The summed E-state index contributed by atoms with van der Waals surface area (Å²) in [6.07, 6.45) is 2.11. The van der Waals surface area contributed by atoms with Crippen LogP contribution in [0.25, 0.3) is 0 Å². The lowest BCUT2D eigenvalue weighted by molar-refractivity contribution is 0.354. The molecule has 170 valence electrons. The SMILES string of the molecule is CN=C(NCC1CCN(c2ccccc2)C1)N(C)CCc1ccc(OC)c(OC)c1.I. The van der Waals surface area contributed by atoms with E-state index in [-0.39, 0.29) is 24.0 Å². The zero-order valence-corrected chi connectivity index (χ0v) is 21.3. The van der Waals surface area contributed by atoms with Gasteiger partial charge in [0.15, 0.2) is 17.5 Å². The molecule has 1 heterocycles. The van der Waals surface area contributed by atoms with Gasteiger partial charge in [-0.25, -0.2) is 0 Å². The Bertz CT molecular complexity index is 832. The first-order valence-electron chi connectivity index (χ1n) is 10.6. The number of rotatable bonds is 8. The second-order valence-electron chi connectivity index (χ2n) is 7.73. The van der Waals surface area contributed by atoms with Gasteiger partial charge in [0.1, 0.15) is 0 Å². The topological polar surface area (TPSA) is 49.3 Å². The molecule has 0 amide bonds. The smallest absolute Gasteiger partial charge is 0.193 e. The zero-order valence-electron chi connectivity index (χ0n) is 19.0. The fraction of sp³-hybridized carbons (Fsp3) is 0.458. The number of hydrogen-bond donors (Lipinski definition) is 1. The van der Waals surface area contributed by atoms with Crippen molar-refractivity contribution in [1.82, 2.24) is 10.2 Å². The van der Waals surface area contributed by atoms with E-state index in [4.69, 9.17) is 9.47 Å². The van der Waals surface area contributed by atoms with Crippen molar-refractivity contribution in [3.8, 4) is 11.5 Å². The molecule has 6 nitrogen and oxygen atoms in total. The van der Waals surface area contributed by atoms with Crippen molar-refractivity contribution in [3.63, 3.8) is 0 Å². The van der Waals surface area contributed by atoms with E-state index in [0.29, 0.717) is 5.92 Å². The highest BCUT2D eigenvalue weighted by Gasteiger charge is 2.23. The number of anilines is 1. The molecule has 2 aromatic carbocycles. The summed E-state index contributed by atoms with van der Waals surface area (Å²) < 4.78 is 10.7. The lowest BCUT2D eigenvalue weighted by Gasteiger charge is -2.24. The molecule has 1 aliphatic heterocycles. The van der Waals surface area contributed by atoms with E-state index in [9.17, 15) is 0 Å². The molecule has 31 heavy (non-hydrogen) atoms. The van der Waals surface area contributed by atoms with E-state index >= 15 is 0 Å². The molecule has 1 saturated heterocycles. The van der Waals surface area contributed by atoms with Gasteiger partial charge in [0.05, 0.1) is 14.2 Å². The fourth-order valence-corrected chi connectivity index (χ4v) is 3.93. The van der Waals surface area contributed by atoms with Crippen LogP contribution in [0.1, 0.15) is 12.0 Å². The number of likely N-dealkylation sites (N-methyl/N-ethyl adjacent to an activating group) is 1. The van der Waals surface area contributed by atoms with E-state index in [0.717, 1.165) is 50.1 Å². The van der Waals surface area contributed by atoms with Crippen molar-refractivity contribution >= 4 is 35.6 Å². The van der Waals surface area contributed by atoms with Crippen molar-refractivity contribution in [2.45, 2.75) is 12.8 Å². The largest absolute Gasteiger partial charge is 0.493 e. The van der Waals surface area contributed by atoms with Crippen LogP contribution in [0.5, 0.6) is 11.5 Å². The minimum absolute atomic E-state index is 0. The molecule has 1 aliphatic rings. The molecular formula is C24H35IN4O2. The average molecular weight is 538 g/mol. The minimum atomic E-state index is 0. The van der Waals surface area contributed by atoms with Crippen molar-refractivity contribution < 1.29 is 9.47 Å². The molecule has 7 heteroatoms. The fourth-order valence-electron chi connectivity index (χ4n) is 3.93. The maximum absolute atomic E-state index is 5.41. The van der Waals surface area contributed by atoms with Gasteiger partial charge in [-0.1, -0.05) is 24.3 Å². The van der Waals surface area contributed by atoms with Gasteiger partial charge in [0.25, 0.3) is 0 Å². The van der Waals surface area contributed by atoms with Gasteiger partial charge in [-0.2, -0.15) is 0 Å². The number of benzene rings is 2. The van der Waals surface area contributed by atoms with Crippen LogP contribution in [0.3, 0.4) is 0 Å². The van der Waals surface area contributed by atoms with E-state index in [1.807, 2.05) is 19.2 Å². The molecule has 0 saturated carbocycles. The third-order valence-electron chi connectivity index (χ3n) is 5.71. The number of aliphatic imine (C=N–C) groups is 1. The van der Waals surface area contributed by atoms with Crippen LogP contribution in [0, 0.1) is 5.92 Å². The Hall–Kier alpha value is -2.16. The Morgan fingerprint density at radius 3 is 2.55 bits per heavy atom. The monoisotopic (exact) mass is 538 g/mol. The zero-order chi connectivity index (χ0) is 21.3. The Kier molecular flexibility index (Phi) is 10.2. The number of para-hydroxylation sites is 1. The summed E-state index contributed by atoms with van der Waals surface area (Å²) in [7, 11) is 7.26. The van der Waals surface area contributed by atoms with Crippen LogP contribution < -0.4 is 19.7 Å². The summed E-state index contributed by atoms with van der Waals surface area (Å²) in [6, 6.07) is 16.8. The van der Waals surface area contributed by atoms with Gasteiger partial charge in [-0.15, -0.1) is 24.0 Å². The minimum Gasteiger partial charge on any atom is -0.493 e. The molecule has 1 fully saturated rings. The van der Waals surface area contributed by atoms with Gasteiger partial charge in [-0.3, -0.25) is 4.99 Å². The highest BCUT2D eigenvalue weighted by Crippen LogP contribution is 2.27. The molecule has 0 spiro atoms. The van der Waals surface area contributed by atoms with Gasteiger partial charge >= 0.3 is 0 Å². The van der Waals surface area contributed by atoms with Gasteiger partial charge < -0.3 is 24.6 Å². The van der Waals surface area contributed by atoms with Crippen LogP contribution in [0.2, 0.25) is 0 Å². The normalized spacial score (nSPS) is 15.9. The lowest BCUT2D eigenvalue weighted by atomic mass is 10.1. The Labute approximate surface area is 203 Å². The molecule has 0 bridgehead atoms. The lowest BCUT2D eigenvalue weighted by Crippen LogP contribution is -2.42. The van der Waals surface area contributed by atoms with Crippen molar-refractivity contribution in [2.75, 3.05) is 59.4 Å². The van der Waals surface area contributed by atoms with Gasteiger partial charge in [0.2, 0.25) is 0 Å². The van der Waals surface area contributed by atoms with Crippen molar-refractivity contribution in [2.24, 2.45) is 10.9 Å². The maximum Gasteiger partial charge on any atom is 0.193 e. The first-order chi connectivity index (χ1) is 14.6. The number of nitrogens with one attached hydrogen (secondary N) is 1. The summed E-state index contributed by atoms with van der Waals surface area (Å²) in [4.78, 5) is 9.12. The first-order valence-corrected chi connectivity index (χ1v) is 10.6. The average Bonchev–Trinajstić information content (AvgIpc) is 3.27.